The van der Waals surface area contributed by atoms with E-state index in [0.29, 0.717) is 41.1 Å². The number of phosphoric acid groups is 1. The summed E-state index contributed by atoms with van der Waals surface area (Å²) in [6, 6.07) is 6.00. The van der Waals surface area contributed by atoms with Gasteiger partial charge in [-0.15, -0.1) is 0 Å². The molecule has 1 unspecified atom stereocenters. The number of aromatic nitrogens is 2. The highest BCUT2D eigenvalue weighted by atomic mass is 31.2. The molecule has 3 atom stereocenters. The van der Waals surface area contributed by atoms with E-state index in [1.807, 2.05) is 0 Å². The lowest BCUT2D eigenvalue weighted by molar-refractivity contribution is -0.596. The third-order valence-electron chi connectivity index (χ3n) is 7.19. The summed E-state index contributed by atoms with van der Waals surface area (Å²) in [7, 11) is -3.41. The molecule has 5 rings (SSSR count). The van der Waals surface area contributed by atoms with Crippen LogP contribution < -0.4 is 14.2 Å². The van der Waals surface area contributed by atoms with Crippen molar-refractivity contribution in [2.75, 3.05) is 20.3 Å². The van der Waals surface area contributed by atoms with Crippen LogP contribution in [-0.2, 0) is 25.4 Å². The van der Waals surface area contributed by atoms with Crippen molar-refractivity contribution in [3.8, 4) is 11.4 Å². The zero-order chi connectivity index (χ0) is 29.5. The predicted octanol–water partition coefficient (Wildman–Crippen LogP) is 3.08. The molecule has 2 aliphatic rings. The van der Waals surface area contributed by atoms with Gasteiger partial charge in [-0.3, -0.25) is 13.9 Å². The molecule has 2 aromatic carbocycles. The number of morpholine rings is 1. The van der Waals surface area contributed by atoms with Crippen molar-refractivity contribution < 1.29 is 50.9 Å². The van der Waals surface area contributed by atoms with Gasteiger partial charge in [-0.2, -0.15) is 4.57 Å². The quantitative estimate of drug-likeness (QED) is 0.194. The molecule has 2 saturated heterocycles. The Labute approximate surface area is 233 Å². The van der Waals surface area contributed by atoms with Crippen molar-refractivity contribution in [2.45, 2.75) is 38.6 Å². The number of nitrogens with zero attached hydrogens (tertiary/aromatic N) is 3. The maximum atomic E-state index is 14.0. The number of methoxy groups -OCH3 is 1. The number of benzene rings is 2. The minimum Gasteiger partial charge on any atom is -0.756 e. The molecule has 41 heavy (non-hydrogen) atoms. The zero-order valence-corrected chi connectivity index (χ0v) is 23.0. The number of carbonyl (C=O) groups excluding carboxylic acids is 1. The molecule has 3 heterocycles. The third-order valence-corrected chi connectivity index (χ3v) is 7.63. The average molecular weight is 593 g/mol. The zero-order valence-electron chi connectivity index (χ0n) is 22.1. The number of hydrogen-bond acceptors (Lipinski definition) is 6. The first kappa shape index (κ1) is 29.0. The van der Waals surface area contributed by atoms with E-state index in [0.717, 1.165) is 12.1 Å². The highest BCUT2D eigenvalue weighted by Gasteiger charge is 2.40. The van der Waals surface area contributed by atoms with E-state index < -0.39 is 38.0 Å². The summed E-state index contributed by atoms with van der Waals surface area (Å²) in [4.78, 5) is 35.0. The lowest BCUT2D eigenvalue weighted by atomic mass is 9.91. The van der Waals surface area contributed by atoms with E-state index in [1.165, 1.54) is 11.7 Å². The largest absolute Gasteiger partial charge is 0.756 e. The van der Waals surface area contributed by atoms with Crippen LogP contribution in [0.1, 0.15) is 35.7 Å². The third kappa shape index (κ3) is 6.09. The number of halogens is 3. The summed E-state index contributed by atoms with van der Waals surface area (Å²) < 4.78 is 71.4. The first-order chi connectivity index (χ1) is 19.4. The minimum atomic E-state index is -4.89. The summed E-state index contributed by atoms with van der Waals surface area (Å²) in [5.74, 6) is -4.07. The number of imidazole rings is 1. The van der Waals surface area contributed by atoms with Crippen LogP contribution in [0.15, 0.2) is 48.4 Å². The van der Waals surface area contributed by atoms with Gasteiger partial charge in [0, 0.05) is 12.5 Å². The number of phosphoric ester groups is 1. The Balaban J connectivity index is 1.41. The highest BCUT2D eigenvalue weighted by Crippen LogP contribution is 2.37. The van der Waals surface area contributed by atoms with E-state index in [2.05, 4.69) is 4.52 Å². The van der Waals surface area contributed by atoms with Gasteiger partial charge in [0.2, 0.25) is 0 Å². The molecule has 0 aliphatic carbocycles. The molecule has 0 bridgehead atoms. The van der Waals surface area contributed by atoms with Crippen LogP contribution in [0.4, 0.5) is 13.2 Å². The molecule has 1 amide bonds. The highest BCUT2D eigenvalue weighted by molar-refractivity contribution is 7.44. The maximum Gasteiger partial charge on any atom is 0.268 e. The normalized spacial score (nSPS) is 21.6. The summed E-state index contributed by atoms with van der Waals surface area (Å²) in [6.07, 6.45) is 6.05. The first-order valence-corrected chi connectivity index (χ1v) is 14.1. The second-order valence-corrected chi connectivity index (χ2v) is 11.0. The van der Waals surface area contributed by atoms with Gasteiger partial charge >= 0.3 is 0 Å². The average Bonchev–Trinajstić information content (AvgIpc) is 3.31. The fourth-order valence-electron chi connectivity index (χ4n) is 5.16. The molecule has 2 aliphatic heterocycles. The monoisotopic (exact) mass is 593 g/mol. The van der Waals surface area contributed by atoms with Crippen molar-refractivity contribution >= 4 is 19.8 Å². The van der Waals surface area contributed by atoms with Crippen molar-refractivity contribution in [3.63, 3.8) is 0 Å². The topological polar surface area (TPSA) is 117 Å². The Morgan fingerprint density at radius 3 is 2.63 bits per heavy atom. The number of hydrogen-bond donors (Lipinski definition) is 1. The second kappa shape index (κ2) is 11.4. The lowest BCUT2D eigenvalue weighted by Crippen LogP contribution is -2.53. The number of ether oxygens (including phenoxy) is 2. The summed E-state index contributed by atoms with van der Waals surface area (Å²) in [5.41, 5.74) is 2.55. The molecule has 10 nitrogen and oxygen atoms in total. The van der Waals surface area contributed by atoms with Crippen LogP contribution in [0.5, 0.6) is 5.75 Å². The number of rotatable bonds is 7. The Hall–Kier alpha value is -3.48. The van der Waals surface area contributed by atoms with E-state index in [9.17, 15) is 27.4 Å². The molecule has 1 N–H and O–H groups in total. The van der Waals surface area contributed by atoms with Gasteiger partial charge in [0.25, 0.3) is 20.1 Å². The van der Waals surface area contributed by atoms with Gasteiger partial charge in [0.1, 0.15) is 11.9 Å². The maximum absolute atomic E-state index is 14.0. The van der Waals surface area contributed by atoms with Gasteiger partial charge in [-0.05, 0) is 54.3 Å². The van der Waals surface area contributed by atoms with Gasteiger partial charge in [0.05, 0.1) is 32.4 Å². The lowest BCUT2D eigenvalue weighted by Gasteiger charge is -2.45. The van der Waals surface area contributed by atoms with Gasteiger partial charge in [0.15, 0.2) is 35.6 Å². The van der Waals surface area contributed by atoms with Crippen LogP contribution in [0.3, 0.4) is 0 Å². The number of aryl methyl sites for hydroxylation is 1. The fraction of sp³-hybridized carbons (Fsp3) is 0.333. The smallest absolute Gasteiger partial charge is 0.268 e. The van der Waals surface area contributed by atoms with Crippen molar-refractivity contribution in [1.29, 1.82) is 0 Å². The van der Waals surface area contributed by atoms with E-state index in [1.54, 1.807) is 53.2 Å². The van der Waals surface area contributed by atoms with Crippen molar-refractivity contribution in [1.82, 2.24) is 9.47 Å². The molecule has 0 radical (unpaired) electrons. The molecule has 218 valence electrons. The molecular formula is C27H27F3N3O7P. The standard InChI is InChI=1S/C27H27F3N3O7P/c1-16-11-31(14-32(16)15-40-41(35,36)37)23-6-3-17(8-25(23)38-2)7-18-4-5-20-12-39-13-24(33(20)27(18)34)19-9-21(28)26(30)22(29)10-19/h3,6-11,14,20,24H,4-5,12-13,15H2,1-2H3,(H-,35,36,37)/t20-,24-/m0/s1. The Morgan fingerprint density at radius 2 is 1.95 bits per heavy atom. The predicted molar refractivity (Wildman–Crippen MR) is 136 cm³/mol. The second-order valence-electron chi connectivity index (χ2n) is 9.85. The summed E-state index contributed by atoms with van der Waals surface area (Å²) in [6.45, 7) is 1.63. The van der Waals surface area contributed by atoms with Crippen LogP contribution in [-0.4, -0.2) is 46.6 Å². The number of fused-ring (bicyclic) bond motifs is 1. The molecular weight excluding hydrogens is 566 g/mol. The van der Waals surface area contributed by atoms with Crippen LogP contribution in [0.25, 0.3) is 11.8 Å². The molecule has 14 heteroatoms. The number of piperidine rings is 1. The fourth-order valence-corrected chi connectivity index (χ4v) is 5.43. The summed E-state index contributed by atoms with van der Waals surface area (Å²) >= 11 is 0. The Bertz CT molecular complexity index is 1550. The van der Waals surface area contributed by atoms with Crippen LogP contribution in [0.2, 0.25) is 0 Å². The number of carbonyl (C=O) groups is 1. The molecule has 0 saturated carbocycles. The molecule has 1 aromatic heterocycles. The van der Waals surface area contributed by atoms with Crippen LogP contribution >= 0.6 is 7.82 Å². The van der Waals surface area contributed by atoms with E-state index in [-0.39, 0.29) is 30.7 Å². The van der Waals surface area contributed by atoms with Gasteiger partial charge in [-0.25, -0.2) is 17.7 Å². The molecule has 3 aromatic rings. The Kier molecular flexibility index (Phi) is 8.09. The van der Waals surface area contributed by atoms with E-state index >= 15 is 0 Å². The van der Waals surface area contributed by atoms with Crippen molar-refractivity contribution in [2.24, 2.45) is 0 Å². The van der Waals surface area contributed by atoms with Crippen molar-refractivity contribution in [3.05, 3.63) is 82.7 Å². The van der Waals surface area contributed by atoms with Gasteiger partial charge in [-0.1, -0.05) is 6.07 Å². The SMILES string of the molecule is COc1cc(C=C2CC[C@H]3COC[C@@H](c4cc(F)c(F)c(F)c4)N3C2=O)ccc1-[n+]1cc(C)n(COP(=O)([O-])O)c1. The van der Waals surface area contributed by atoms with Gasteiger partial charge < -0.3 is 24.2 Å². The minimum absolute atomic E-state index is 0.0224. The molecule has 0 spiro atoms. The first-order valence-electron chi connectivity index (χ1n) is 12.7. The number of amides is 1. The molecule has 2 fully saturated rings. The summed E-state index contributed by atoms with van der Waals surface area (Å²) in [5, 5.41) is 0. The van der Waals surface area contributed by atoms with Crippen LogP contribution in [0, 0.1) is 24.4 Å². The van der Waals surface area contributed by atoms with E-state index in [4.69, 9.17) is 14.4 Å². The Morgan fingerprint density at radius 1 is 1.22 bits per heavy atom.